The van der Waals surface area contributed by atoms with Crippen molar-refractivity contribution in [2.45, 2.75) is 93.2 Å². The Morgan fingerprint density at radius 2 is 1.05 bits per heavy atom. The van der Waals surface area contributed by atoms with Crippen molar-refractivity contribution < 1.29 is 41.6 Å². The number of hydrogen-bond donors (Lipinski definition) is 7. The summed E-state index contributed by atoms with van der Waals surface area (Å²) in [5.41, 5.74) is 4.23. The molecule has 2 aliphatic heterocycles. The quantitative estimate of drug-likeness (QED) is 0.0497. The molecule has 2 aromatic carbocycles. The maximum Gasteiger partial charge on any atom is 0.170 e. The molecular formula is C50H70N10O9S4. The first-order valence-electron chi connectivity index (χ1n) is 25.1. The topological polar surface area (TPSA) is 254 Å². The van der Waals surface area contributed by atoms with Gasteiger partial charge in [-0.1, -0.05) is 0 Å². The molecule has 2 aromatic heterocycles. The molecule has 4 heterocycles. The van der Waals surface area contributed by atoms with E-state index in [-0.39, 0.29) is 56.3 Å². The summed E-state index contributed by atoms with van der Waals surface area (Å²) >= 11 is 10.5. The summed E-state index contributed by atoms with van der Waals surface area (Å²) in [6, 6.07) is 19.0. The molecule has 4 aliphatic rings. The van der Waals surface area contributed by atoms with Crippen molar-refractivity contribution in [1.82, 2.24) is 30.6 Å². The van der Waals surface area contributed by atoms with Crippen LogP contribution in [0, 0.1) is 0 Å². The number of aliphatic hydroxyl groups excluding tert-OH is 3. The van der Waals surface area contributed by atoms with Gasteiger partial charge in [-0.05, 0) is 145 Å². The number of benzene rings is 2. The number of sulfone groups is 2. The minimum Gasteiger partial charge on any atom is -0.396 e. The van der Waals surface area contributed by atoms with E-state index in [4.69, 9.17) is 59.0 Å². The Balaban J connectivity index is 0.000000214. The lowest BCUT2D eigenvalue weighted by molar-refractivity contribution is 0.0984. The molecule has 19 nitrogen and oxygen atoms in total. The van der Waals surface area contributed by atoms with E-state index >= 15 is 0 Å². The minimum absolute atomic E-state index is 0.0577. The van der Waals surface area contributed by atoms with Crippen molar-refractivity contribution in [2.24, 2.45) is 0 Å². The Hall–Kier alpha value is -4.72. The maximum absolute atomic E-state index is 13.5. The van der Waals surface area contributed by atoms with E-state index in [1.54, 1.807) is 7.05 Å². The minimum atomic E-state index is -3.53. The normalized spacial score (nSPS) is 19.3. The number of hydrogen-bond acceptors (Lipinski definition) is 17. The largest absolute Gasteiger partial charge is 0.396 e. The maximum atomic E-state index is 13.5. The highest BCUT2D eigenvalue weighted by Gasteiger charge is 2.52. The Kier molecular flexibility index (Phi) is 19.3. The molecule has 2 atom stereocenters. The van der Waals surface area contributed by atoms with Crippen molar-refractivity contribution in [1.29, 1.82) is 0 Å². The Labute approximate surface area is 440 Å². The fourth-order valence-corrected chi connectivity index (χ4v) is 14.2. The second-order valence-electron chi connectivity index (χ2n) is 18.9. The van der Waals surface area contributed by atoms with Gasteiger partial charge in [-0.25, -0.2) is 36.8 Å². The summed E-state index contributed by atoms with van der Waals surface area (Å²) in [7, 11) is -5.29. The molecule has 8 rings (SSSR count). The fourth-order valence-electron chi connectivity index (χ4n) is 9.43. The Bertz CT molecular complexity index is 2730. The molecular weight excluding hydrogens is 1010 g/mol. The third kappa shape index (κ3) is 13.0. The highest BCUT2D eigenvalue weighted by Crippen LogP contribution is 2.50. The van der Waals surface area contributed by atoms with Gasteiger partial charge in [-0.15, -0.1) is 0 Å². The summed E-state index contributed by atoms with van der Waals surface area (Å²) in [5.74, 6) is 2.23. The van der Waals surface area contributed by atoms with Gasteiger partial charge in [0.2, 0.25) is 0 Å². The van der Waals surface area contributed by atoms with E-state index in [0.717, 1.165) is 35.3 Å². The zero-order chi connectivity index (χ0) is 52.2. The van der Waals surface area contributed by atoms with Crippen LogP contribution in [0.5, 0.6) is 0 Å². The summed E-state index contributed by atoms with van der Waals surface area (Å²) in [6.45, 7) is 8.14. The first kappa shape index (κ1) is 56.0. The van der Waals surface area contributed by atoms with Crippen LogP contribution in [0.1, 0.15) is 83.0 Å². The predicted molar refractivity (Wildman–Crippen MR) is 293 cm³/mol. The van der Waals surface area contributed by atoms with E-state index < -0.39 is 29.2 Å². The molecule has 0 unspecified atom stereocenters. The number of nitrogens with zero attached hydrogens (tertiary/aromatic N) is 6. The number of aliphatic hydroxyl groups is 3. The number of ether oxygens (including phenoxy) is 2. The first-order valence-corrected chi connectivity index (χ1v) is 29.2. The molecule has 2 saturated carbocycles. The summed E-state index contributed by atoms with van der Waals surface area (Å²) in [4.78, 5) is 23.7. The molecule has 0 amide bonds. The monoisotopic (exact) mass is 1080 g/mol. The van der Waals surface area contributed by atoms with Gasteiger partial charge in [0.15, 0.2) is 41.5 Å². The van der Waals surface area contributed by atoms with Gasteiger partial charge in [-0.2, -0.15) is 0 Å². The number of anilines is 4. The van der Waals surface area contributed by atoms with Crippen LogP contribution in [0.3, 0.4) is 0 Å². The lowest BCUT2D eigenvalue weighted by Gasteiger charge is -2.41. The Morgan fingerprint density at radius 3 is 1.41 bits per heavy atom. The second-order valence-corrected chi connectivity index (χ2v) is 24.6. The molecule has 398 valence electrons. The molecule has 0 spiro atoms. The third-order valence-corrected chi connectivity index (χ3v) is 19.8. The Morgan fingerprint density at radius 1 is 0.644 bits per heavy atom. The number of nitrogens with one attached hydrogen (secondary N) is 4. The predicted octanol–water partition coefficient (Wildman–Crippen LogP) is 4.68. The van der Waals surface area contributed by atoms with Gasteiger partial charge in [0.1, 0.15) is 21.1 Å². The van der Waals surface area contributed by atoms with Crippen molar-refractivity contribution in [3.8, 4) is 22.8 Å². The molecule has 73 heavy (non-hydrogen) atoms. The molecule has 0 bridgehead atoms. The summed E-state index contributed by atoms with van der Waals surface area (Å²) < 4.78 is 63.0. The van der Waals surface area contributed by atoms with Crippen molar-refractivity contribution in [2.75, 3.05) is 105 Å². The lowest BCUT2D eigenvalue weighted by Crippen LogP contribution is -2.46. The SMILES string of the molecule is CNC(=S)Nc1ccc(-c2nc(N3CCOC[C@@H]3C)cc(C3(S(=O)(=O)CCCO)CCC3)n2)cc1.C[C@H]1COCCN1c1cc(C2(S(=O)(=O)CCCO)CCC2)nc(-c2ccc(NC(=S)NCCCO)cc2)n1. The average Bonchev–Trinajstić information content (AvgIpc) is 3.35. The molecule has 0 radical (unpaired) electrons. The summed E-state index contributed by atoms with van der Waals surface area (Å²) in [6.07, 6.45) is 4.76. The van der Waals surface area contributed by atoms with E-state index in [1.165, 1.54) is 0 Å². The average molecular weight is 1080 g/mol. The van der Waals surface area contributed by atoms with Gasteiger partial charge in [0, 0.05) is 81.1 Å². The standard InChI is InChI=1S/C26H37N5O5S2.C24H33N5O4S2/c1-19-18-36-15-12-31(19)23-17-22(26(9-2-10-26)38(34,35)16-4-14-33)29-24(30-23)20-5-7-21(8-6-20)28-25(37)27-11-3-13-32;1-17-16-33-13-11-29(17)21-15-20(24(9-3-10-24)35(31,32)14-4-12-30)27-22(28-21)18-5-7-19(8-6-18)26-23(34)25-2/h5-8,17,19,32-33H,2-4,9-16,18H2,1H3,(H2,27,28,37);5-8,15,17,30H,3-4,9-14,16H2,1-2H3,(H2,25,26,34)/t19-;17-/m00/s1. The lowest BCUT2D eigenvalue weighted by atomic mass is 9.81. The van der Waals surface area contributed by atoms with Gasteiger partial charge >= 0.3 is 0 Å². The van der Waals surface area contributed by atoms with E-state index in [0.29, 0.717) is 123 Å². The van der Waals surface area contributed by atoms with Crippen LogP contribution in [-0.4, -0.2) is 159 Å². The van der Waals surface area contributed by atoms with Crippen LogP contribution >= 0.6 is 24.4 Å². The molecule has 7 N–H and O–H groups in total. The van der Waals surface area contributed by atoms with Crippen molar-refractivity contribution in [3.05, 3.63) is 72.1 Å². The van der Waals surface area contributed by atoms with Crippen LogP contribution in [-0.2, 0) is 38.6 Å². The van der Waals surface area contributed by atoms with Gasteiger partial charge < -0.3 is 55.9 Å². The fraction of sp³-hybridized carbons (Fsp3) is 0.560. The molecule has 4 fully saturated rings. The van der Waals surface area contributed by atoms with Crippen molar-refractivity contribution >= 4 is 77.3 Å². The van der Waals surface area contributed by atoms with E-state index in [1.807, 2.05) is 60.7 Å². The summed E-state index contributed by atoms with van der Waals surface area (Å²) in [5, 5.41) is 40.6. The molecule has 2 aliphatic carbocycles. The molecule has 2 saturated heterocycles. The number of rotatable bonds is 19. The first-order chi connectivity index (χ1) is 35.1. The van der Waals surface area contributed by atoms with Crippen LogP contribution in [0.4, 0.5) is 23.0 Å². The number of morpholine rings is 2. The highest BCUT2D eigenvalue weighted by molar-refractivity contribution is 7.92. The number of aromatic nitrogens is 4. The zero-order valence-electron chi connectivity index (χ0n) is 41.9. The van der Waals surface area contributed by atoms with Crippen LogP contribution in [0.2, 0.25) is 0 Å². The number of thiocarbonyl (C=S) groups is 2. The van der Waals surface area contributed by atoms with Crippen molar-refractivity contribution in [3.63, 3.8) is 0 Å². The highest BCUT2D eigenvalue weighted by atomic mass is 32.2. The van der Waals surface area contributed by atoms with Crippen LogP contribution in [0.25, 0.3) is 22.8 Å². The molecule has 4 aromatic rings. The van der Waals surface area contributed by atoms with Gasteiger partial charge in [0.05, 0.1) is 61.4 Å². The third-order valence-electron chi connectivity index (χ3n) is 14.0. The van der Waals surface area contributed by atoms with Gasteiger partial charge in [-0.3, -0.25) is 0 Å². The second kappa shape index (κ2) is 25.2. The molecule has 23 heteroatoms. The smallest absolute Gasteiger partial charge is 0.170 e. The van der Waals surface area contributed by atoms with Crippen LogP contribution < -0.4 is 31.1 Å². The van der Waals surface area contributed by atoms with Crippen LogP contribution in [0.15, 0.2) is 60.7 Å². The zero-order valence-corrected chi connectivity index (χ0v) is 45.2. The van der Waals surface area contributed by atoms with Gasteiger partial charge in [0.25, 0.3) is 0 Å². The van der Waals surface area contributed by atoms with E-state index in [2.05, 4.69) is 44.9 Å². The van der Waals surface area contributed by atoms with E-state index in [9.17, 15) is 27.0 Å².